The Balaban J connectivity index is 2.28. The van der Waals surface area contributed by atoms with Crippen LogP contribution in [0.15, 0.2) is 34.8 Å². The molecule has 1 nitrogen and oxygen atoms in total. The number of aryl methyl sites for hydroxylation is 1. The van der Waals surface area contributed by atoms with E-state index in [1.54, 1.807) is 0 Å². The lowest BCUT2D eigenvalue weighted by Crippen LogP contribution is -2.08. The summed E-state index contributed by atoms with van der Waals surface area (Å²) in [5.74, 6) is -0.470. The number of halogens is 4. The Morgan fingerprint density at radius 1 is 1.15 bits per heavy atom. The van der Waals surface area contributed by atoms with Crippen LogP contribution in [0.3, 0.4) is 0 Å². The number of anilines is 1. The van der Waals surface area contributed by atoms with Crippen LogP contribution in [-0.2, 0) is 0 Å². The first-order valence-electron chi connectivity index (χ1n) is 6.05. The van der Waals surface area contributed by atoms with Gasteiger partial charge in [-0.15, -0.1) is 0 Å². The summed E-state index contributed by atoms with van der Waals surface area (Å²) in [5, 5.41) is 3.77. The summed E-state index contributed by atoms with van der Waals surface area (Å²) in [4.78, 5) is 0. The molecule has 1 unspecified atom stereocenters. The molecule has 0 aliphatic carbocycles. The van der Waals surface area contributed by atoms with Crippen molar-refractivity contribution in [2.45, 2.75) is 19.9 Å². The highest BCUT2D eigenvalue weighted by atomic mass is 79.9. The van der Waals surface area contributed by atoms with Gasteiger partial charge in [-0.25, -0.2) is 4.39 Å². The van der Waals surface area contributed by atoms with Crippen molar-refractivity contribution in [1.82, 2.24) is 0 Å². The molecule has 106 valence electrons. The van der Waals surface area contributed by atoms with Crippen LogP contribution in [0.2, 0.25) is 10.0 Å². The SMILES string of the molecule is Cc1ccc(NC(C)c2cc(F)c(Cl)cc2Cl)c(Br)c1. The molecular weight excluding hydrogens is 364 g/mol. The van der Waals surface area contributed by atoms with Crippen molar-refractivity contribution in [1.29, 1.82) is 0 Å². The van der Waals surface area contributed by atoms with E-state index in [-0.39, 0.29) is 11.1 Å². The van der Waals surface area contributed by atoms with Crippen LogP contribution in [-0.4, -0.2) is 0 Å². The summed E-state index contributed by atoms with van der Waals surface area (Å²) >= 11 is 15.3. The minimum absolute atomic E-state index is 0.0301. The van der Waals surface area contributed by atoms with Crippen molar-refractivity contribution < 1.29 is 4.39 Å². The lowest BCUT2D eigenvalue weighted by molar-refractivity contribution is 0.624. The van der Waals surface area contributed by atoms with Crippen molar-refractivity contribution in [3.8, 4) is 0 Å². The first kappa shape index (κ1) is 15.6. The largest absolute Gasteiger partial charge is 0.378 e. The number of nitrogens with one attached hydrogen (secondary N) is 1. The summed E-state index contributed by atoms with van der Waals surface area (Å²) < 4.78 is 14.5. The zero-order valence-electron chi connectivity index (χ0n) is 11.0. The second-order valence-electron chi connectivity index (χ2n) is 4.64. The van der Waals surface area contributed by atoms with Gasteiger partial charge in [0.25, 0.3) is 0 Å². The topological polar surface area (TPSA) is 12.0 Å². The molecule has 0 aliphatic rings. The van der Waals surface area contributed by atoms with Crippen molar-refractivity contribution in [3.63, 3.8) is 0 Å². The van der Waals surface area contributed by atoms with Gasteiger partial charge in [0, 0.05) is 15.2 Å². The maximum atomic E-state index is 13.6. The third-order valence-electron chi connectivity index (χ3n) is 3.00. The van der Waals surface area contributed by atoms with Crippen molar-refractivity contribution in [3.05, 3.63) is 61.8 Å². The highest BCUT2D eigenvalue weighted by molar-refractivity contribution is 9.10. The van der Waals surface area contributed by atoms with Gasteiger partial charge in [0.2, 0.25) is 0 Å². The number of hydrogen-bond acceptors (Lipinski definition) is 1. The molecule has 0 fully saturated rings. The molecule has 0 saturated carbocycles. The molecule has 0 aliphatic heterocycles. The van der Waals surface area contributed by atoms with Gasteiger partial charge in [0.15, 0.2) is 0 Å². The number of benzene rings is 2. The van der Waals surface area contributed by atoms with E-state index in [1.165, 1.54) is 12.1 Å². The van der Waals surface area contributed by atoms with Gasteiger partial charge in [0.05, 0.1) is 11.1 Å². The van der Waals surface area contributed by atoms with Gasteiger partial charge < -0.3 is 5.32 Å². The molecule has 2 rings (SSSR count). The molecule has 1 N–H and O–H groups in total. The summed E-state index contributed by atoms with van der Waals surface area (Å²) in [6.07, 6.45) is 0. The van der Waals surface area contributed by atoms with Crippen LogP contribution < -0.4 is 5.32 Å². The first-order chi connectivity index (χ1) is 9.38. The monoisotopic (exact) mass is 375 g/mol. The van der Waals surface area contributed by atoms with E-state index >= 15 is 0 Å². The van der Waals surface area contributed by atoms with Crippen molar-refractivity contribution in [2.75, 3.05) is 5.32 Å². The van der Waals surface area contributed by atoms with E-state index in [0.29, 0.717) is 10.6 Å². The van der Waals surface area contributed by atoms with Gasteiger partial charge in [-0.1, -0.05) is 29.3 Å². The number of hydrogen-bond donors (Lipinski definition) is 1. The van der Waals surface area contributed by atoms with Gasteiger partial charge in [-0.3, -0.25) is 0 Å². The van der Waals surface area contributed by atoms with Crippen LogP contribution >= 0.6 is 39.1 Å². The summed E-state index contributed by atoms with van der Waals surface area (Å²) in [7, 11) is 0. The van der Waals surface area contributed by atoms with Crippen molar-refractivity contribution in [2.24, 2.45) is 0 Å². The lowest BCUT2D eigenvalue weighted by Gasteiger charge is -2.18. The molecule has 0 saturated heterocycles. The Labute approximate surface area is 136 Å². The summed E-state index contributed by atoms with van der Waals surface area (Å²) in [6.45, 7) is 3.93. The maximum Gasteiger partial charge on any atom is 0.142 e. The molecule has 0 radical (unpaired) electrons. The quantitative estimate of drug-likeness (QED) is 0.613. The third-order valence-corrected chi connectivity index (χ3v) is 4.28. The van der Waals surface area contributed by atoms with Crippen LogP contribution in [0.1, 0.15) is 24.1 Å². The zero-order valence-corrected chi connectivity index (χ0v) is 14.1. The fourth-order valence-electron chi connectivity index (χ4n) is 1.92. The molecule has 0 spiro atoms. The normalized spacial score (nSPS) is 12.3. The summed E-state index contributed by atoms with van der Waals surface area (Å²) in [6, 6.07) is 8.63. The molecule has 20 heavy (non-hydrogen) atoms. The smallest absolute Gasteiger partial charge is 0.142 e. The Hall–Kier alpha value is -0.770. The van der Waals surface area contributed by atoms with Gasteiger partial charge in [-0.2, -0.15) is 0 Å². The van der Waals surface area contributed by atoms with E-state index in [4.69, 9.17) is 23.2 Å². The second kappa shape index (κ2) is 6.33. The minimum Gasteiger partial charge on any atom is -0.378 e. The lowest BCUT2D eigenvalue weighted by atomic mass is 10.1. The van der Waals surface area contributed by atoms with Gasteiger partial charge in [-0.05, 0) is 65.2 Å². The van der Waals surface area contributed by atoms with E-state index in [0.717, 1.165) is 15.7 Å². The van der Waals surface area contributed by atoms with E-state index in [2.05, 4.69) is 21.2 Å². The average Bonchev–Trinajstić information content (AvgIpc) is 2.37. The molecule has 0 aromatic heterocycles. The Kier molecular flexibility index (Phi) is 4.95. The Bertz CT molecular complexity index is 646. The van der Waals surface area contributed by atoms with E-state index in [1.807, 2.05) is 32.0 Å². The average molecular weight is 377 g/mol. The molecule has 0 amide bonds. The third kappa shape index (κ3) is 3.46. The maximum absolute atomic E-state index is 13.6. The van der Waals surface area contributed by atoms with Crippen LogP contribution in [0.4, 0.5) is 10.1 Å². The molecule has 1 atom stereocenters. The summed E-state index contributed by atoms with van der Waals surface area (Å²) in [5.41, 5.74) is 2.75. The van der Waals surface area contributed by atoms with Gasteiger partial charge in [0.1, 0.15) is 5.82 Å². The van der Waals surface area contributed by atoms with Crippen LogP contribution in [0.25, 0.3) is 0 Å². The van der Waals surface area contributed by atoms with Crippen molar-refractivity contribution >= 4 is 44.8 Å². The minimum atomic E-state index is -0.470. The first-order valence-corrected chi connectivity index (χ1v) is 7.60. The highest BCUT2D eigenvalue weighted by Crippen LogP contribution is 2.32. The fraction of sp³-hybridized carbons (Fsp3) is 0.200. The Morgan fingerprint density at radius 3 is 2.50 bits per heavy atom. The highest BCUT2D eigenvalue weighted by Gasteiger charge is 2.14. The van der Waals surface area contributed by atoms with Crippen LogP contribution in [0, 0.1) is 12.7 Å². The number of rotatable bonds is 3. The predicted octanol–water partition coefficient (Wildman–Crippen LogP) is 6.38. The molecule has 0 heterocycles. The second-order valence-corrected chi connectivity index (χ2v) is 6.31. The fourth-order valence-corrected chi connectivity index (χ4v) is 3.07. The molecule has 2 aromatic carbocycles. The zero-order chi connectivity index (χ0) is 14.9. The predicted molar refractivity (Wildman–Crippen MR) is 87.3 cm³/mol. The molecule has 5 heteroatoms. The standard InChI is InChI=1S/C15H13BrCl2FN/c1-8-3-4-15(11(16)5-8)20-9(2)10-6-14(19)13(18)7-12(10)17/h3-7,9,20H,1-2H3. The van der Waals surface area contributed by atoms with Crippen LogP contribution in [0.5, 0.6) is 0 Å². The molecular formula is C15H13BrCl2FN. The molecule has 2 aromatic rings. The van der Waals surface area contributed by atoms with E-state index in [9.17, 15) is 4.39 Å². The Morgan fingerprint density at radius 2 is 1.85 bits per heavy atom. The van der Waals surface area contributed by atoms with E-state index < -0.39 is 5.82 Å². The molecule has 0 bridgehead atoms. The van der Waals surface area contributed by atoms with Gasteiger partial charge >= 0.3 is 0 Å².